The third kappa shape index (κ3) is 8.79. The number of hydrogen-bond acceptors (Lipinski definition) is 6. The van der Waals surface area contributed by atoms with Gasteiger partial charge in [0.15, 0.2) is 11.4 Å². The Hall–Kier alpha value is -8.30. The molecule has 4 aromatic carbocycles. The Kier molecular flexibility index (Phi) is 12.5. The van der Waals surface area contributed by atoms with Crippen LogP contribution in [-0.4, -0.2) is 37.8 Å². The Morgan fingerprint density at radius 3 is 1.45 bits per heavy atom. The van der Waals surface area contributed by atoms with Crippen molar-refractivity contribution in [2.75, 3.05) is 0 Å². The van der Waals surface area contributed by atoms with Crippen LogP contribution in [0.2, 0.25) is 0 Å². The number of benzene rings is 4. The molecule has 4 aromatic heterocycles. The summed E-state index contributed by atoms with van der Waals surface area (Å²) in [6.45, 7) is 17.2. The Balaban J connectivity index is 0.000000199. The van der Waals surface area contributed by atoms with Crippen LogP contribution in [0.1, 0.15) is 22.5 Å². The molecule has 0 radical (unpaired) electrons. The van der Waals surface area contributed by atoms with Gasteiger partial charge in [0.05, 0.1) is 86.4 Å². The summed E-state index contributed by atoms with van der Waals surface area (Å²) >= 11 is 3.39. The number of aromatic nitrogens is 8. The average Bonchev–Trinajstić information content (AvgIpc) is 3.94. The zero-order valence-electron chi connectivity index (χ0n) is 35.2. The highest BCUT2D eigenvalue weighted by atomic mass is 79.9. The molecule has 14 nitrogen and oxygen atoms in total. The maximum absolute atomic E-state index is 13.3. The zero-order valence-corrected chi connectivity index (χ0v) is 36.8. The topological polar surface area (TPSA) is 132 Å². The molecule has 4 heterocycles. The lowest BCUT2D eigenvalue weighted by Crippen LogP contribution is -2.40. The van der Waals surface area contributed by atoms with Crippen molar-refractivity contribution in [1.82, 2.24) is 37.8 Å². The summed E-state index contributed by atoms with van der Waals surface area (Å²) in [7, 11) is 2.53. The van der Waals surface area contributed by atoms with Gasteiger partial charge in [0, 0.05) is 25.5 Å². The fraction of sp³-hybridized carbons (Fsp3) is 0.130. The highest BCUT2D eigenvalue weighted by molar-refractivity contribution is 9.10. The number of nitrogens with zero attached hydrogens (tertiary/aromatic N) is 10. The molecule has 0 saturated heterocycles. The maximum Gasteiger partial charge on any atom is 0.416 e. The summed E-state index contributed by atoms with van der Waals surface area (Å²) in [4.78, 5) is 58.9. The lowest BCUT2D eigenvalue weighted by atomic mass is 10.1. The second-order valence-electron chi connectivity index (χ2n) is 14.6. The van der Waals surface area contributed by atoms with Crippen LogP contribution in [0, 0.1) is 27.0 Å². The maximum atomic E-state index is 13.3. The van der Waals surface area contributed by atoms with E-state index in [1.807, 2.05) is 0 Å². The standard InChI is InChI=1S/C23H15BrF3N5O2.C23H16F3N5O2/c1-13-19(20-18(24)12-29-32(20)16-9-7-15(28-2)8-10-16)21(33)30(3)22(34)31(13)17-6-4-5-14(11-17)23(25,26)27;1-14-20(19-11-12-28-31(19)17-9-7-16(27-2)8-10-17)21(32)29(3)22(33)30(14)18-6-4-5-15(13-18)23(24,25)26/h4-12H,1,3H3;4-13H,1,3H3. The van der Waals surface area contributed by atoms with Gasteiger partial charge in [0.2, 0.25) is 0 Å². The molecule has 0 saturated carbocycles. The molecule has 8 rings (SSSR count). The molecule has 0 N–H and O–H groups in total. The minimum absolute atomic E-state index is 0.0170. The van der Waals surface area contributed by atoms with Gasteiger partial charge in [-0.15, -0.1) is 0 Å². The van der Waals surface area contributed by atoms with E-state index in [1.54, 1.807) is 54.6 Å². The van der Waals surface area contributed by atoms with Crippen molar-refractivity contribution >= 4 is 27.3 Å². The molecule has 0 bridgehead atoms. The van der Waals surface area contributed by atoms with Crippen LogP contribution in [0.3, 0.4) is 0 Å². The first kappa shape index (κ1) is 46.7. The van der Waals surface area contributed by atoms with Crippen LogP contribution in [0.15, 0.2) is 139 Å². The van der Waals surface area contributed by atoms with Crippen molar-refractivity contribution in [1.29, 1.82) is 0 Å². The molecule has 8 aromatic rings. The SMILES string of the molecule is [C-]#[N+]c1ccc(-n2ncc(Br)c2-c2c(C)n(-c3cccc(C(F)(F)F)c3)c(=O)n(C)c2=O)cc1.[C-]#[N+]c1ccc(-n2nccc2-c2c(C)n(-c3cccc(C(F)(F)F)c3)c(=O)n(C)c2=O)cc1. The largest absolute Gasteiger partial charge is 0.416 e. The number of halogens is 7. The first-order valence-electron chi connectivity index (χ1n) is 19.4. The second kappa shape index (κ2) is 17.9. The van der Waals surface area contributed by atoms with E-state index in [-0.39, 0.29) is 33.9 Å². The molecule has 0 amide bonds. The van der Waals surface area contributed by atoms with Crippen molar-refractivity contribution in [2.45, 2.75) is 26.2 Å². The van der Waals surface area contributed by atoms with Crippen LogP contribution in [0.25, 0.3) is 55.0 Å². The van der Waals surface area contributed by atoms with Crippen molar-refractivity contribution < 1.29 is 26.3 Å². The van der Waals surface area contributed by atoms with E-state index in [4.69, 9.17) is 13.1 Å². The summed E-state index contributed by atoms with van der Waals surface area (Å²) in [5.41, 5.74) is -1.54. The summed E-state index contributed by atoms with van der Waals surface area (Å²) in [6.07, 6.45) is -6.25. The fourth-order valence-electron chi connectivity index (χ4n) is 7.23. The highest BCUT2D eigenvalue weighted by Crippen LogP contribution is 2.34. The van der Waals surface area contributed by atoms with E-state index in [2.05, 4.69) is 35.8 Å². The number of alkyl halides is 6. The monoisotopic (exact) mass is 980 g/mol. The van der Waals surface area contributed by atoms with E-state index in [1.165, 1.54) is 74.0 Å². The molecule has 0 aliphatic rings. The molecule has 0 spiro atoms. The first-order chi connectivity index (χ1) is 31.7. The number of hydrogen-bond donors (Lipinski definition) is 0. The van der Waals surface area contributed by atoms with E-state index in [9.17, 15) is 45.5 Å². The first-order valence-corrected chi connectivity index (χ1v) is 20.2. The average molecular weight is 982 g/mol. The van der Waals surface area contributed by atoms with Crippen molar-refractivity contribution in [3.63, 3.8) is 0 Å². The third-order valence-electron chi connectivity index (χ3n) is 10.6. The van der Waals surface area contributed by atoms with Crippen LogP contribution in [-0.2, 0) is 26.4 Å². The Labute approximate surface area is 382 Å². The fourth-order valence-corrected chi connectivity index (χ4v) is 7.69. The van der Waals surface area contributed by atoms with Gasteiger partial charge in [-0.3, -0.25) is 27.9 Å². The summed E-state index contributed by atoms with van der Waals surface area (Å²) < 4.78 is 86.9. The third-order valence-corrected chi connectivity index (χ3v) is 11.1. The second-order valence-corrected chi connectivity index (χ2v) is 15.5. The van der Waals surface area contributed by atoms with Gasteiger partial charge in [-0.1, -0.05) is 36.4 Å². The van der Waals surface area contributed by atoms with Crippen LogP contribution < -0.4 is 22.5 Å². The summed E-state index contributed by atoms with van der Waals surface area (Å²) in [6, 6.07) is 23.3. The Morgan fingerprint density at radius 1 is 0.567 bits per heavy atom. The molecule has 0 fully saturated rings. The van der Waals surface area contributed by atoms with E-state index < -0.39 is 46.0 Å². The van der Waals surface area contributed by atoms with Gasteiger partial charge in [-0.25, -0.2) is 28.6 Å². The molecule has 0 aliphatic heterocycles. The zero-order chi connectivity index (χ0) is 48.7. The van der Waals surface area contributed by atoms with Gasteiger partial charge in [-0.2, -0.15) is 36.5 Å². The molecular formula is C46H31BrF6N10O4. The smallest absolute Gasteiger partial charge is 0.268 e. The highest BCUT2D eigenvalue weighted by Gasteiger charge is 2.32. The summed E-state index contributed by atoms with van der Waals surface area (Å²) in [5, 5.41) is 8.57. The number of rotatable bonds is 6. The van der Waals surface area contributed by atoms with Crippen LogP contribution in [0.5, 0.6) is 0 Å². The van der Waals surface area contributed by atoms with E-state index in [0.717, 1.165) is 42.5 Å². The quantitative estimate of drug-likeness (QED) is 0.121. The van der Waals surface area contributed by atoms with Crippen molar-refractivity contribution in [3.05, 3.63) is 207 Å². The lowest BCUT2D eigenvalue weighted by Gasteiger charge is -2.18. The predicted octanol–water partition coefficient (Wildman–Crippen LogP) is 9.30. The van der Waals surface area contributed by atoms with Crippen molar-refractivity contribution in [2.24, 2.45) is 14.1 Å². The molecule has 338 valence electrons. The minimum Gasteiger partial charge on any atom is -0.268 e. The van der Waals surface area contributed by atoms with Crippen LogP contribution >= 0.6 is 15.9 Å². The Morgan fingerprint density at radius 2 is 1.00 bits per heavy atom. The summed E-state index contributed by atoms with van der Waals surface area (Å²) in [5.74, 6) is 0. The van der Waals surface area contributed by atoms with E-state index >= 15 is 0 Å². The predicted molar refractivity (Wildman–Crippen MR) is 239 cm³/mol. The van der Waals surface area contributed by atoms with Crippen molar-refractivity contribution in [3.8, 4) is 45.3 Å². The van der Waals surface area contributed by atoms with Gasteiger partial charge in [0.1, 0.15) is 0 Å². The van der Waals surface area contributed by atoms with E-state index in [0.29, 0.717) is 38.6 Å². The normalized spacial score (nSPS) is 11.4. The molecule has 0 atom stereocenters. The Bertz CT molecular complexity index is 3570. The molecule has 0 unspecified atom stereocenters. The van der Waals surface area contributed by atoms with Gasteiger partial charge in [0.25, 0.3) is 11.1 Å². The molecule has 0 aliphatic carbocycles. The molecule has 67 heavy (non-hydrogen) atoms. The van der Waals surface area contributed by atoms with Gasteiger partial charge < -0.3 is 0 Å². The lowest BCUT2D eigenvalue weighted by molar-refractivity contribution is -0.138. The molecular weight excluding hydrogens is 950 g/mol. The van der Waals surface area contributed by atoms with Gasteiger partial charge in [-0.05, 0) is 96.5 Å². The van der Waals surface area contributed by atoms with Gasteiger partial charge >= 0.3 is 23.7 Å². The van der Waals surface area contributed by atoms with Crippen LogP contribution in [0.4, 0.5) is 37.7 Å². The minimum atomic E-state index is -4.60. The molecule has 21 heteroatoms.